The Bertz CT molecular complexity index is 995. The van der Waals surface area contributed by atoms with E-state index in [1.807, 2.05) is 54.3 Å². The lowest BCUT2D eigenvalue weighted by molar-refractivity contribution is -0.139. The van der Waals surface area contributed by atoms with E-state index in [4.69, 9.17) is 9.47 Å². The summed E-state index contributed by atoms with van der Waals surface area (Å²) in [5.74, 6) is 1.66. The SMILES string of the molecule is CC[C@@H](Oc1ccc2ccccc2c1)C(=O)N1CCN(c2ccc(OC)cc2)CC1. The molecule has 3 aromatic rings. The number of methoxy groups -OCH3 is 1. The van der Waals surface area contributed by atoms with Crippen LogP contribution in [0.25, 0.3) is 10.8 Å². The Morgan fingerprint density at radius 3 is 2.23 bits per heavy atom. The molecule has 1 aliphatic heterocycles. The standard InChI is InChI=1S/C25H28N2O3/c1-3-24(30-23-11-8-19-6-4-5-7-20(19)18-23)25(28)27-16-14-26(15-17-27)21-9-12-22(29-2)13-10-21/h4-13,18,24H,3,14-17H2,1-2H3/t24-/m1/s1. The lowest BCUT2D eigenvalue weighted by Crippen LogP contribution is -2.52. The van der Waals surface area contributed by atoms with Crippen molar-refractivity contribution in [1.29, 1.82) is 0 Å². The number of carbonyl (C=O) groups is 1. The quantitative estimate of drug-likeness (QED) is 0.612. The molecular weight excluding hydrogens is 376 g/mol. The van der Waals surface area contributed by atoms with Gasteiger partial charge in [0, 0.05) is 31.9 Å². The van der Waals surface area contributed by atoms with Gasteiger partial charge in [-0.05, 0) is 53.6 Å². The number of piperazine rings is 1. The summed E-state index contributed by atoms with van der Waals surface area (Å²) >= 11 is 0. The van der Waals surface area contributed by atoms with Gasteiger partial charge in [-0.3, -0.25) is 4.79 Å². The first-order valence-corrected chi connectivity index (χ1v) is 10.5. The van der Waals surface area contributed by atoms with Crippen LogP contribution in [0.1, 0.15) is 13.3 Å². The number of anilines is 1. The van der Waals surface area contributed by atoms with Gasteiger partial charge in [0.15, 0.2) is 6.10 Å². The van der Waals surface area contributed by atoms with Crippen LogP contribution in [-0.2, 0) is 4.79 Å². The number of benzene rings is 3. The van der Waals surface area contributed by atoms with E-state index in [-0.39, 0.29) is 5.91 Å². The number of fused-ring (bicyclic) bond motifs is 1. The first-order chi connectivity index (χ1) is 14.7. The Morgan fingerprint density at radius 1 is 0.900 bits per heavy atom. The molecule has 0 N–H and O–H groups in total. The number of amides is 1. The normalized spacial score (nSPS) is 15.1. The molecule has 1 heterocycles. The van der Waals surface area contributed by atoms with Crippen LogP contribution in [0.4, 0.5) is 5.69 Å². The first kappa shape index (κ1) is 20.1. The molecule has 156 valence electrons. The summed E-state index contributed by atoms with van der Waals surface area (Å²) < 4.78 is 11.3. The third-order valence-electron chi connectivity index (χ3n) is 5.67. The molecular formula is C25H28N2O3. The predicted octanol–water partition coefficient (Wildman–Crippen LogP) is 4.35. The molecule has 1 aliphatic rings. The molecule has 1 saturated heterocycles. The molecule has 0 saturated carbocycles. The lowest BCUT2D eigenvalue weighted by Gasteiger charge is -2.37. The summed E-state index contributed by atoms with van der Waals surface area (Å²) in [7, 11) is 1.67. The van der Waals surface area contributed by atoms with Crippen LogP contribution in [0.15, 0.2) is 66.7 Å². The second kappa shape index (κ2) is 9.08. The molecule has 0 unspecified atom stereocenters. The van der Waals surface area contributed by atoms with Gasteiger partial charge in [-0.15, -0.1) is 0 Å². The smallest absolute Gasteiger partial charge is 0.263 e. The number of rotatable bonds is 6. The monoisotopic (exact) mass is 404 g/mol. The second-order valence-electron chi connectivity index (χ2n) is 7.53. The zero-order chi connectivity index (χ0) is 20.9. The Hall–Kier alpha value is -3.21. The molecule has 30 heavy (non-hydrogen) atoms. The topological polar surface area (TPSA) is 42.0 Å². The number of hydrogen-bond donors (Lipinski definition) is 0. The van der Waals surface area contributed by atoms with E-state index in [0.717, 1.165) is 35.7 Å². The van der Waals surface area contributed by atoms with Gasteiger partial charge in [-0.25, -0.2) is 0 Å². The summed E-state index contributed by atoms with van der Waals surface area (Å²) in [6, 6.07) is 22.2. The van der Waals surface area contributed by atoms with Crippen LogP contribution in [-0.4, -0.2) is 50.2 Å². The summed E-state index contributed by atoms with van der Waals surface area (Å²) in [4.78, 5) is 17.3. The zero-order valence-corrected chi connectivity index (χ0v) is 17.6. The van der Waals surface area contributed by atoms with Crippen LogP contribution >= 0.6 is 0 Å². The van der Waals surface area contributed by atoms with Crippen molar-refractivity contribution in [3.63, 3.8) is 0 Å². The lowest BCUT2D eigenvalue weighted by atomic mass is 10.1. The van der Waals surface area contributed by atoms with Crippen molar-refractivity contribution in [1.82, 2.24) is 4.90 Å². The molecule has 1 fully saturated rings. The average molecular weight is 405 g/mol. The highest BCUT2D eigenvalue weighted by molar-refractivity contribution is 5.84. The van der Waals surface area contributed by atoms with Gasteiger partial charge in [0.2, 0.25) is 0 Å². The van der Waals surface area contributed by atoms with Crippen molar-refractivity contribution >= 4 is 22.4 Å². The van der Waals surface area contributed by atoms with Crippen molar-refractivity contribution in [2.75, 3.05) is 38.2 Å². The maximum Gasteiger partial charge on any atom is 0.263 e. The fourth-order valence-electron chi connectivity index (χ4n) is 3.90. The maximum absolute atomic E-state index is 13.1. The van der Waals surface area contributed by atoms with Crippen LogP contribution < -0.4 is 14.4 Å². The zero-order valence-electron chi connectivity index (χ0n) is 17.6. The molecule has 0 aromatic heterocycles. The molecule has 1 atom stereocenters. The summed E-state index contributed by atoms with van der Waals surface area (Å²) in [6.07, 6.45) is 0.184. The van der Waals surface area contributed by atoms with Crippen molar-refractivity contribution in [3.8, 4) is 11.5 Å². The van der Waals surface area contributed by atoms with E-state index in [1.165, 1.54) is 5.39 Å². The summed E-state index contributed by atoms with van der Waals surface area (Å²) in [6.45, 7) is 5.01. The number of nitrogens with zero attached hydrogens (tertiary/aromatic N) is 2. The Balaban J connectivity index is 1.37. The number of hydrogen-bond acceptors (Lipinski definition) is 4. The maximum atomic E-state index is 13.1. The molecule has 5 nitrogen and oxygen atoms in total. The van der Waals surface area contributed by atoms with Crippen molar-refractivity contribution in [3.05, 3.63) is 66.7 Å². The second-order valence-corrected chi connectivity index (χ2v) is 7.53. The highest BCUT2D eigenvalue weighted by atomic mass is 16.5. The molecule has 1 amide bonds. The highest BCUT2D eigenvalue weighted by Crippen LogP contribution is 2.24. The molecule has 0 spiro atoms. The van der Waals surface area contributed by atoms with Gasteiger partial charge < -0.3 is 19.3 Å². The van der Waals surface area contributed by atoms with Crippen LogP contribution in [0, 0.1) is 0 Å². The molecule has 0 aliphatic carbocycles. The average Bonchev–Trinajstić information content (AvgIpc) is 2.82. The van der Waals surface area contributed by atoms with E-state index in [9.17, 15) is 4.79 Å². The predicted molar refractivity (Wildman–Crippen MR) is 120 cm³/mol. The minimum atomic E-state index is -0.460. The number of ether oxygens (including phenoxy) is 2. The molecule has 5 heteroatoms. The molecule has 0 radical (unpaired) electrons. The fourth-order valence-corrected chi connectivity index (χ4v) is 3.90. The van der Waals surface area contributed by atoms with Crippen molar-refractivity contribution in [2.45, 2.75) is 19.4 Å². The van der Waals surface area contributed by atoms with Crippen molar-refractivity contribution < 1.29 is 14.3 Å². The van der Waals surface area contributed by atoms with Gasteiger partial charge in [0.05, 0.1) is 7.11 Å². The largest absolute Gasteiger partial charge is 0.497 e. The minimum absolute atomic E-state index is 0.0695. The van der Waals surface area contributed by atoms with E-state index < -0.39 is 6.10 Å². The summed E-state index contributed by atoms with van der Waals surface area (Å²) in [5, 5.41) is 2.28. The molecule has 4 rings (SSSR count). The third kappa shape index (κ3) is 4.35. The van der Waals surface area contributed by atoms with Crippen LogP contribution in [0.5, 0.6) is 11.5 Å². The van der Waals surface area contributed by atoms with Gasteiger partial charge >= 0.3 is 0 Å². The van der Waals surface area contributed by atoms with E-state index in [1.54, 1.807) is 7.11 Å². The van der Waals surface area contributed by atoms with Crippen molar-refractivity contribution in [2.24, 2.45) is 0 Å². The summed E-state index contributed by atoms with van der Waals surface area (Å²) in [5.41, 5.74) is 1.15. The molecule has 3 aromatic carbocycles. The van der Waals surface area contributed by atoms with Gasteiger partial charge in [-0.1, -0.05) is 37.3 Å². The van der Waals surface area contributed by atoms with Gasteiger partial charge in [0.1, 0.15) is 11.5 Å². The number of carbonyl (C=O) groups excluding carboxylic acids is 1. The fraction of sp³-hybridized carbons (Fsp3) is 0.320. The van der Waals surface area contributed by atoms with Gasteiger partial charge in [0.25, 0.3) is 5.91 Å². The van der Waals surface area contributed by atoms with E-state index >= 15 is 0 Å². The van der Waals surface area contributed by atoms with Crippen LogP contribution in [0.3, 0.4) is 0 Å². The molecule has 0 bridgehead atoms. The Kier molecular flexibility index (Phi) is 6.07. The van der Waals surface area contributed by atoms with Crippen LogP contribution in [0.2, 0.25) is 0 Å². The highest BCUT2D eigenvalue weighted by Gasteiger charge is 2.28. The third-order valence-corrected chi connectivity index (χ3v) is 5.67. The van der Waals surface area contributed by atoms with E-state index in [2.05, 4.69) is 29.2 Å². The van der Waals surface area contributed by atoms with E-state index in [0.29, 0.717) is 19.5 Å². The minimum Gasteiger partial charge on any atom is -0.497 e. The van der Waals surface area contributed by atoms with Gasteiger partial charge in [-0.2, -0.15) is 0 Å². The Morgan fingerprint density at radius 2 is 1.57 bits per heavy atom. The first-order valence-electron chi connectivity index (χ1n) is 10.5. The Labute approximate surface area is 177 Å².